The summed E-state index contributed by atoms with van der Waals surface area (Å²) in [5.41, 5.74) is 2.42. The number of terminal acetylenes is 1. The Morgan fingerprint density at radius 2 is 1.95 bits per heavy atom. The lowest BCUT2D eigenvalue weighted by atomic mass is 9.80. The molecule has 0 spiro atoms. The summed E-state index contributed by atoms with van der Waals surface area (Å²) in [4.78, 5) is 33.0. The predicted octanol–water partition coefficient (Wildman–Crippen LogP) is 5.69. The van der Waals surface area contributed by atoms with E-state index in [-0.39, 0.29) is 17.9 Å². The number of rotatable bonds is 8. The van der Waals surface area contributed by atoms with E-state index in [0.29, 0.717) is 29.2 Å². The van der Waals surface area contributed by atoms with Crippen molar-refractivity contribution in [2.45, 2.75) is 89.8 Å². The maximum absolute atomic E-state index is 12.1. The maximum atomic E-state index is 12.1. The molecular formula is C31H39N7O2. The maximum Gasteiger partial charge on any atom is 0.374 e. The third kappa shape index (κ3) is 5.24. The van der Waals surface area contributed by atoms with Gasteiger partial charge in [0, 0.05) is 37.4 Å². The van der Waals surface area contributed by atoms with Crippen LogP contribution in [0.5, 0.6) is 0 Å². The van der Waals surface area contributed by atoms with Gasteiger partial charge in [-0.05, 0) is 88.2 Å². The van der Waals surface area contributed by atoms with Crippen molar-refractivity contribution >= 4 is 28.9 Å². The number of carboxylic acids is 1. The van der Waals surface area contributed by atoms with Gasteiger partial charge in [-0.1, -0.05) is 12.5 Å². The minimum absolute atomic E-state index is 0.146. The molecule has 0 amide bonds. The fraction of sp³-hybridized carbons (Fsp3) is 0.581. The Morgan fingerprint density at radius 1 is 1.12 bits per heavy atom. The summed E-state index contributed by atoms with van der Waals surface area (Å²) < 4.78 is 2.28. The number of nitrogens with one attached hydrogen (secondary N) is 1. The number of hydrogen-bond donors (Lipinski definition) is 2. The lowest BCUT2D eigenvalue weighted by molar-refractivity contribution is 0.0684. The standard InChI is InChI=1S/C31H39N7O2/c1-3-21-12-14-22(15-13-21)19-38-26-27(33-20(2)23-8-6-9-23)34-29(30(39)40)35-28(26)36-31(38)37-17-5-4-11-25(37)24-10-7-16-32-18-24/h1,7,10,16,18,20-23,25H,4-6,8-9,11-15,17,19H2,2H3,(H,39,40)(H,33,34,35)/t20-,21-,22-,25?/m1/s1. The van der Waals surface area contributed by atoms with E-state index in [1.807, 2.05) is 18.5 Å². The van der Waals surface area contributed by atoms with Gasteiger partial charge in [0.1, 0.15) is 5.52 Å². The van der Waals surface area contributed by atoms with Crippen molar-refractivity contribution in [3.05, 3.63) is 35.9 Å². The van der Waals surface area contributed by atoms with Gasteiger partial charge >= 0.3 is 5.97 Å². The molecule has 1 aliphatic heterocycles. The van der Waals surface area contributed by atoms with Crippen LogP contribution in [0.3, 0.4) is 0 Å². The van der Waals surface area contributed by atoms with Crippen LogP contribution in [0, 0.1) is 30.1 Å². The van der Waals surface area contributed by atoms with E-state index in [1.165, 1.54) is 24.8 Å². The topological polar surface area (TPSA) is 109 Å². The third-order valence-electron chi connectivity index (χ3n) is 9.35. The number of pyridine rings is 1. The molecule has 4 heterocycles. The largest absolute Gasteiger partial charge is 0.475 e. The van der Waals surface area contributed by atoms with Gasteiger partial charge in [-0.2, -0.15) is 4.98 Å². The number of aromatic carboxylic acids is 1. The van der Waals surface area contributed by atoms with Gasteiger partial charge in [-0.3, -0.25) is 4.98 Å². The van der Waals surface area contributed by atoms with Crippen LogP contribution in [0.1, 0.15) is 93.4 Å². The number of nitrogens with zero attached hydrogens (tertiary/aromatic N) is 6. The summed E-state index contributed by atoms with van der Waals surface area (Å²) in [6.07, 6.45) is 20.5. The molecule has 6 rings (SSSR count). The third-order valence-corrected chi connectivity index (χ3v) is 9.35. The highest BCUT2D eigenvalue weighted by Gasteiger charge is 2.33. The molecule has 2 N–H and O–H groups in total. The molecule has 2 atom stereocenters. The van der Waals surface area contributed by atoms with Gasteiger partial charge in [0.25, 0.3) is 0 Å². The zero-order valence-corrected chi connectivity index (χ0v) is 23.3. The van der Waals surface area contributed by atoms with Crippen LogP contribution in [0.25, 0.3) is 11.2 Å². The highest BCUT2D eigenvalue weighted by atomic mass is 16.4. The van der Waals surface area contributed by atoms with Gasteiger partial charge in [-0.25, -0.2) is 14.8 Å². The molecule has 1 saturated heterocycles. The van der Waals surface area contributed by atoms with Crippen molar-refractivity contribution in [3.8, 4) is 12.3 Å². The summed E-state index contributed by atoms with van der Waals surface area (Å²) >= 11 is 0. The number of fused-ring (bicyclic) bond motifs is 1. The fourth-order valence-electron chi connectivity index (χ4n) is 6.75. The Kier molecular flexibility index (Phi) is 7.59. The van der Waals surface area contributed by atoms with E-state index in [9.17, 15) is 9.90 Å². The van der Waals surface area contributed by atoms with Gasteiger partial charge in [0.05, 0.1) is 6.04 Å². The highest BCUT2D eigenvalue weighted by Crippen LogP contribution is 2.39. The van der Waals surface area contributed by atoms with Gasteiger partial charge in [-0.15, -0.1) is 12.3 Å². The van der Waals surface area contributed by atoms with E-state index >= 15 is 0 Å². The molecule has 3 aromatic rings. The lowest BCUT2D eigenvalue weighted by Gasteiger charge is -2.37. The Hall–Kier alpha value is -3.67. The summed E-state index contributed by atoms with van der Waals surface area (Å²) in [5.74, 6) is 4.39. The van der Waals surface area contributed by atoms with E-state index in [1.54, 1.807) is 0 Å². The quantitative estimate of drug-likeness (QED) is 0.350. The van der Waals surface area contributed by atoms with Crippen LogP contribution in [0.4, 0.5) is 11.8 Å². The number of piperidine rings is 1. The number of imidazole rings is 1. The minimum atomic E-state index is -1.14. The molecule has 2 aliphatic carbocycles. The Balaban J connectivity index is 1.46. The molecule has 0 radical (unpaired) electrons. The van der Waals surface area contributed by atoms with Crippen LogP contribution in [0.2, 0.25) is 0 Å². The van der Waals surface area contributed by atoms with Crippen LogP contribution in [0.15, 0.2) is 24.5 Å². The SMILES string of the molecule is C#C[C@H]1CC[C@H](Cn2c(N3CCCCC3c3cccnc3)nc3nc(C(=O)O)nc(N[C@H](C)C4CCC4)c32)CC1. The summed E-state index contributed by atoms with van der Waals surface area (Å²) in [6, 6.07) is 4.46. The number of aromatic nitrogens is 5. The second-order valence-corrected chi connectivity index (χ2v) is 11.9. The highest BCUT2D eigenvalue weighted by molar-refractivity contribution is 5.91. The summed E-state index contributed by atoms with van der Waals surface area (Å²) in [5, 5.41) is 13.5. The second-order valence-electron chi connectivity index (χ2n) is 11.9. The normalized spacial score (nSPS) is 24.3. The molecule has 2 saturated carbocycles. The summed E-state index contributed by atoms with van der Waals surface area (Å²) in [6.45, 7) is 3.82. The number of anilines is 2. The second kappa shape index (κ2) is 11.4. The molecule has 1 unspecified atom stereocenters. The number of carboxylic acid groups (broad SMARTS) is 1. The average Bonchev–Trinajstić information content (AvgIpc) is 3.31. The van der Waals surface area contributed by atoms with Crippen LogP contribution >= 0.6 is 0 Å². The molecule has 9 heteroatoms. The molecule has 40 heavy (non-hydrogen) atoms. The minimum Gasteiger partial charge on any atom is -0.475 e. The first-order valence-electron chi connectivity index (χ1n) is 14.9. The molecular weight excluding hydrogens is 502 g/mol. The predicted molar refractivity (Wildman–Crippen MR) is 155 cm³/mol. The van der Waals surface area contributed by atoms with Crippen LogP contribution < -0.4 is 10.2 Å². The lowest BCUT2D eigenvalue weighted by Crippen LogP contribution is -2.36. The molecule has 9 nitrogen and oxygen atoms in total. The Morgan fingerprint density at radius 3 is 2.62 bits per heavy atom. The van der Waals surface area contributed by atoms with E-state index in [0.717, 1.165) is 69.5 Å². The Bertz CT molecular complexity index is 1390. The van der Waals surface area contributed by atoms with Gasteiger partial charge < -0.3 is 19.9 Å². The first kappa shape index (κ1) is 26.5. The zero-order valence-electron chi connectivity index (χ0n) is 23.3. The van der Waals surface area contributed by atoms with E-state index < -0.39 is 5.97 Å². The van der Waals surface area contributed by atoms with Crippen molar-refractivity contribution < 1.29 is 9.90 Å². The van der Waals surface area contributed by atoms with Gasteiger partial charge in [0.2, 0.25) is 11.8 Å². The number of hydrogen-bond acceptors (Lipinski definition) is 7. The first-order valence-corrected chi connectivity index (χ1v) is 14.9. The van der Waals surface area contributed by atoms with E-state index in [4.69, 9.17) is 11.4 Å². The van der Waals surface area contributed by atoms with Crippen molar-refractivity contribution in [1.29, 1.82) is 0 Å². The van der Waals surface area contributed by atoms with Gasteiger partial charge in [0.15, 0.2) is 11.5 Å². The molecule has 3 aromatic heterocycles. The van der Waals surface area contributed by atoms with Crippen LogP contribution in [-0.4, -0.2) is 48.2 Å². The first-order chi connectivity index (χ1) is 19.5. The average molecular weight is 542 g/mol. The summed E-state index contributed by atoms with van der Waals surface area (Å²) in [7, 11) is 0. The Labute approximate surface area is 235 Å². The molecule has 0 aromatic carbocycles. The van der Waals surface area contributed by atoms with Crippen molar-refractivity contribution in [2.24, 2.45) is 17.8 Å². The molecule has 210 valence electrons. The molecule has 3 fully saturated rings. The zero-order chi connectivity index (χ0) is 27.6. The number of carbonyl (C=O) groups is 1. The van der Waals surface area contributed by atoms with Crippen molar-refractivity contribution in [1.82, 2.24) is 24.5 Å². The monoisotopic (exact) mass is 541 g/mol. The van der Waals surface area contributed by atoms with Crippen LogP contribution in [-0.2, 0) is 6.54 Å². The molecule has 0 bridgehead atoms. The molecule has 3 aliphatic rings. The fourth-order valence-corrected chi connectivity index (χ4v) is 6.75. The van der Waals surface area contributed by atoms with Crippen molar-refractivity contribution in [2.75, 3.05) is 16.8 Å². The smallest absolute Gasteiger partial charge is 0.374 e. The van der Waals surface area contributed by atoms with E-state index in [2.05, 4.69) is 48.6 Å². The van der Waals surface area contributed by atoms with Crippen molar-refractivity contribution in [3.63, 3.8) is 0 Å².